The first-order valence-electron chi connectivity index (χ1n) is 7.30. The van der Waals surface area contributed by atoms with Gasteiger partial charge < -0.3 is 15.2 Å². The van der Waals surface area contributed by atoms with Crippen LogP contribution in [0.2, 0.25) is 0 Å². The number of para-hydroxylation sites is 1. The number of aromatic hydroxyl groups is 1. The van der Waals surface area contributed by atoms with E-state index in [9.17, 15) is 9.90 Å². The van der Waals surface area contributed by atoms with Crippen molar-refractivity contribution < 1.29 is 14.6 Å². The molecule has 0 amide bonds. The Morgan fingerprint density at radius 2 is 1.91 bits per heavy atom. The summed E-state index contributed by atoms with van der Waals surface area (Å²) in [4.78, 5) is 16.5. The highest BCUT2D eigenvalue weighted by Crippen LogP contribution is 2.30. The van der Waals surface area contributed by atoms with Gasteiger partial charge in [0.25, 0.3) is 0 Å². The van der Waals surface area contributed by atoms with Gasteiger partial charge in [-0.25, -0.2) is 4.79 Å². The fourth-order valence-corrected chi connectivity index (χ4v) is 2.33. The zero-order chi connectivity index (χ0) is 16.2. The fourth-order valence-electron chi connectivity index (χ4n) is 2.33. The van der Waals surface area contributed by atoms with E-state index >= 15 is 0 Å². The molecule has 1 heterocycles. The van der Waals surface area contributed by atoms with Crippen LogP contribution in [0.15, 0.2) is 54.7 Å². The molecule has 0 bridgehead atoms. The summed E-state index contributed by atoms with van der Waals surface area (Å²) in [6.45, 7) is 2.06. The van der Waals surface area contributed by atoms with Gasteiger partial charge in [-0.1, -0.05) is 18.2 Å². The zero-order valence-electron chi connectivity index (χ0n) is 12.6. The van der Waals surface area contributed by atoms with Gasteiger partial charge in [-0.05, 0) is 37.3 Å². The number of esters is 1. The molecule has 0 radical (unpaired) electrons. The number of anilines is 2. The van der Waals surface area contributed by atoms with Crippen LogP contribution in [0, 0.1) is 0 Å². The Morgan fingerprint density at radius 3 is 2.65 bits per heavy atom. The van der Waals surface area contributed by atoms with E-state index in [1.165, 1.54) is 6.20 Å². The Hall–Kier alpha value is -3.08. The molecule has 0 saturated heterocycles. The first-order valence-corrected chi connectivity index (χ1v) is 7.30. The Bertz CT molecular complexity index is 845. The van der Waals surface area contributed by atoms with E-state index in [0.29, 0.717) is 17.9 Å². The Labute approximate surface area is 133 Å². The number of phenolic OH excluding ortho intramolecular Hbond substituents is 1. The molecule has 1 aromatic heterocycles. The molecule has 0 spiro atoms. The number of aromatic nitrogens is 1. The molecule has 0 unspecified atom stereocenters. The molecule has 0 aliphatic heterocycles. The molecule has 0 aliphatic rings. The Morgan fingerprint density at radius 1 is 1.17 bits per heavy atom. The van der Waals surface area contributed by atoms with Gasteiger partial charge in [0.05, 0.1) is 17.8 Å². The van der Waals surface area contributed by atoms with Crippen LogP contribution in [-0.2, 0) is 4.74 Å². The second-order valence-corrected chi connectivity index (χ2v) is 4.96. The molecular weight excluding hydrogens is 292 g/mol. The van der Waals surface area contributed by atoms with Gasteiger partial charge in [0.1, 0.15) is 11.3 Å². The highest BCUT2D eigenvalue weighted by molar-refractivity contribution is 6.05. The van der Waals surface area contributed by atoms with Crippen molar-refractivity contribution in [3.63, 3.8) is 0 Å². The summed E-state index contributed by atoms with van der Waals surface area (Å²) < 4.78 is 5.12. The summed E-state index contributed by atoms with van der Waals surface area (Å²) in [5.41, 5.74) is 2.55. The van der Waals surface area contributed by atoms with Crippen LogP contribution in [-0.4, -0.2) is 22.7 Å². The molecule has 0 fully saturated rings. The van der Waals surface area contributed by atoms with Gasteiger partial charge >= 0.3 is 5.97 Å². The Kier molecular flexibility index (Phi) is 4.10. The lowest BCUT2D eigenvalue weighted by Crippen LogP contribution is -2.09. The number of carbonyl (C=O) groups excluding carboxylic acids is 1. The second kappa shape index (κ2) is 6.36. The number of fused-ring (bicyclic) bond motifs is 1. The molecule has 3 aromatic rings. The number of hydrogen-bond donors (Lipinski definition) is 2. The van der Waals surface area contributed by atoms with Crippen molar-refractivity contribution in [3.05, 3.63) is 60.3 Å². The SMILES string of the molecule is CCOC(=O)c1cnc2ccccc2c1Nc1ccc(O)cc1. The predicted molar refractivity (Wildman–Crippen MR) is 89.1 cm³/mol. The predicted octanol–water partition coefficient (Wildman–Crippen LogP) is 3.86. The van der Waals surface area contributed by atoms with E-state index in [0.717, 1.165) is 16.6 Å². The smallest absolute Gasteiger partial charge is 0.341 e. The molecular formula is C18H16N2O3. The fraction of sp³-hybridized carbons (Fsp3) is 0.111. The van der Waals surface area contributed by atoms with E-state index < -0.39 is 5.97 Å². The van der Waals surface area contributed by atoms with Gasteiger partial charge in [0.2, 0.25) is 0 Å². The summed E-state index contributed by atoms with van der Waals surface area (Å²) in [6.07, 6.45) is 1.52. The number of nitrogens with zero attached hydrogens (tertiary/aromatic N) is 1. The third kappa shape index (κ3) is 3.08. The monoisotopic (exact) mass is 308 g/mol. The van der Waals surface area contributed by atoms with Gasteiger partial charge in [-0.3, -0.25) is 4.98 Å². The lowest BCUT2D eigenvalue weighted by Gasteiger charge is -2.14. The third-order valence-corrected chi connectivity index (χ3v) is 3.41. The summed E-state index contributed by atoms with van der Waals surface area (Å²) in [6, 6.07) is 14.2. The van der Waals surface area contributed by atoms with Crippen LogP contribution in [0.4, 0.5) is 11.4 Å². The molecule has 3 rings (SSSR count). The first kappa shape index (κ1) is 14.8. The summed E-state index contributed by atoms with van der Waals surface area (Å²) in [7, 11) is 0. The lowest BCUT2D eigenvalue weighted by molar-refractivity contribution is 0.0527. The van der Waals surface area contributed by atoms with Gasteiger partial charge in [-0.15, -0.1) is 0 Å². The maximum atomic E-state index is 12.2. The number of rotatable bonds is 4. The molecule has 0 atom stereocenters. The van der Waals surface area contributed by atoms with Crippen molar-refractivity contribution in [3.8, 4) is 5.75 Å². The van der Waals surface area contributed by atoms with Crippen molar-refractivity contribution in [2.24, 2.45) is 0 Å². The van der Waals surface area contributed by atoms with Crippen molar-refractivity contribution >= 4 is 28.2 Å². The minimum absolute atomic E-state index is 0.181. The first-order chi connectivity index (χ1) is 11.2. The number of hydrogen-bond acceptors (Lipinski definition) is 5. The maximum absolute atomic E-state index is 12.2. The van der Waals surface area contributed by atoms with E-state index in [-0.39, 0.29) is 5.75 Å². The van der Waals surface area contributed by atoms with Crippen LogP contribution in [0.3, 0.4) is 0 Å². The maximum Gasteiger partial charge on any atom is 0.341 e. The quantitative estimate of drug-likeness (QED) is 0.565. The topological polar surface area (TPSA) is 71.5 Å². The normalized spacial score (nSPS) is 10.5. The molecule has 2 N–H and O–H groups in total. The van der Waals surface area contributed by atoms with E-state index in [2.05, 4.69) is 10.3 Å². The molecule has 2 aromatic carbocycles. The molecule has 0 saturated carbocycles. The third-order valence-electron chi connectivity index (χ3n) is 3.41. The van der Waals surface area contributed by atoms with Gasteiger partial charge in [-0.2, -0.15) is 0 Å². The lowest BCUT2D eigenvalue weighted by atomic mass is 10.1. The van der Waals surface area contributed by atoms with Crippen molar-refractivity contribution in [2.45, 2.75) is 6.92 Å². The van der Waals surface area contributed by atoms with E-state index in [1.54, 1.807) is 31.2 Å². The number of benzene rings is 2. The number of nitrogens with one attached hydrogen (secondary N) is 1. The van der Waals surface area contributed by atoms with Crippen LogP contribution in [0.1, 0.15) is 17.3 Å². The van der Waals surface area contributed by atoms with Crippen LogP contribution in [0.5, 0.6) is 5.75 Å². The van der Waals surface area contributed by atoms with E-state index in [1.807, 2.05) is 24.3 Å². The van der Waals surface area contributed by atoms with E-state index in [4.69, 9.17) is 4.74 Å². The van der Waals surface area contributed by atoms with Crippen molar-refractivity contribution in [1.82, 2.24) is 4.98 Å². The minimum atomic E-state index is -0.424. The summed E-state index contributed by atoms with van der Waals surface area (Å²) in [5, 5.41) is 13.5. The van der Waals surface area contributed by atoms with Crippen molar-refractivity contribution in [2.75, 3.05) is 11.9 Å². The number of carbonyl (C=O) groups is 1. The van der Waals surface area contributed by atoms with Crippen LogP contribution >= 0.6 is 0 Å². The highest BCUT2D eigenvalue weighted by Gasteiger charge is 2.16. The molecule has 0 aliphatic carbocycles. The van der Waals surface area contributed by atoms with Gasteiger partial charge in [0, 0.05) is 17.3 Å². The minimum Gasteiger partial charge on any atom is -0.508 e. The molecule has 23 heavy (non-hydrogen) atoms. The largest absolute Gasteiger partial charge is 0.508 e. The average Bonchev–Trinajstić information content (AvgIpc) is 2.57. The van der Waals surface area contributed by atoms with Crippen LogP contribution < -0.4 is 5.32 Å². The van der Waals surface area contributed by atoms with Crippen molar-refractivity contribution in [1.29, 1.82) is 0 Å². The van der Waals surface area contributed by atoms with Gasteiger partial charge in [0.15, 0.2) is 0 Å². The number of pyridine rings is 1. The average molecular weight is 308 g/mol. The number of phenols is 1. The molecule has 116 valence electrons. The second-order valence-electron chi connectivity index (χ2n) is 4.96. The summed E-state index contributed by atoms with van der Waals surface area (Å²) in [5.74, 6) is -0.243. The van der Waals surface area contributed by atoms with Crippen LogP contribution in [0.25, 0.3) is 10.9 Å². The summed E-state index contributed by atoms with van der Waals surface area (Å²) >= 11 is 0. The number of ether oxygens (including phenoxy) is 1. The zero-order valence-corrected chi connectivity index (χ0v) is 12.6. The molecule has 5 heteroatoms. The molecule has 5 nitrogen and oxygen atoms in total. The standard InChI is InChI=1S/C18H16N2O3/c1-2-23-18(22)15-11-19-16-6-4-3-5-14(16)17(15)20-12-7-9-13(21)10-8-12/h3-11,21H,2H2,1H3,(H,19,20). The Balaban J connectivity index is 2.12. The highest BCUT2D eigenvalue weighted by atomic mass is 16.5.